The van der Waals surface area contributed by atoms with E-state index in [9.17, 15) is 22.4 Å². The van der Waals surface area contributed by atoms with Crippen LogP contribution in [0.15, 0.2) is 34.1 Å². The van der Waals surface area contributed by atoms with Gasteiger partial charge in [-0.2, -0.15) is 9.20 Å². The smallest absolute Gasteiger partial charge is 0.373 e. The summed E-state index contributed by atoms with van der Waals surface area (Å²) in [5, 5.41) is 10.5. The number of carbonyl (C=O) groups excluding carboxylic acids is 1. The number of hydrogen-bond donors (Lipinski definition) is 0. The first-order valence-electron chi connectivity index (χ1n) is 7.26. The molecule has 0 aliphatic rings. The van der Waals surface area contributed by atoms with Crippen molar-refractivity contribution in [1.82, 2.24) is 24.6 Å². The Labute approximate surface area is 145 Å². The molecule has 2 heterocycles. The fraction of sp³-hybridized carbons (Fsp3) is 0.214. The van der Waals surface area contributed by atoms with Gasteiger partial charge in [-0.1, -0.05) is 5.21 Å². The van der Waals surface area contributed by atoms with Gasteiger partial charge in [0.2, 0.25) is 5.65 Å². The molecule has 0 amide bonds. The minimum Gasteiger partial charge on any atom is -0.462 e. The zero-order valence-electron chi connectivity index (χ0n) is 13.6. The Morgan fingerprint density at radius 3 is 2.50 bits per heavy atom. The van der Waals surface area contributed by atoms with Crippen molar-refractivity contribution in [3.63, 3.8) is 0 Å². The zero-order valence-corrected chi connectivity index (χ0v) is 14.4. The lowest BCUT2D eigenvalue weighted by molar-refractivity contribution is 0.0523. The summed E-state index contributed by atoms with van der Waals surface area (Å²) in [5.74, 6) is -1.50. The Morgan fingerprint density at radius 1 is 1.27 bits per heavy atom. The number of carbonyl (C=O) groups is 1. The van der Waals surface area contributed by atoms with Gasteiger partial charge in [0, 0.05) is 6.26 Å². The number of nitrogens with zero attached hydrogens (tertiary/aromatic N) is 5. The molecule has 26 heavy (non-hydrogen) atoms. The lowest BCUT2D eigenvalue weighted by Crippen LogP contribution is -2.29. The van der Waals surface area contributed by atoms with Crippen LogP contribution in [-0.2, 0) is 14.6 Å². The third kappa shape index (κ3) is 2.94. The maximum Gasteiger partial charge on any atom is 0.373 e. The Bertz CT molecular complexity index is 1170. The van der Waals surface area contributed by atoms with Crippen LogP contribution in [0.4, 0.5) is 4.39 Å². The highest BCUT2D eigenvalue weighted by molar-refractivity contribution is 7.90. The number of ether oxygens (including phenoxy) is 1. The van der Waals surface area contributed by atoms with Crippen LogP contribution in [-0.4, -0.2) is 51.9 Å². The summed E-state index contributed by atoms with van der Waals surface area (Å²) in [6, 6.07) is 4.79. The van der Waals surface area contributed by atoms with Gasteiger partial charge in [0.15, 0.2) is 14.9 Å². The van der Waals surface area contributed by atoms with E-state index in [0.717, 1.165) is 23.1 Å². The van der Waals surface area contributed by atoms with E-state index in [-0.39, 0.29) is 17.9 Å². The highest BCUT2D eigenvalue weighted by Gasteiger charge is 2.30. The lowest BCUT2D eigenvalue weighted by Gasteiger charge is -2.03. The topological polar surface area (TPSA) is 126 Å². The summed E-state index contributed by atoms with van der Waals surface area (Å²) in [6.45, 7) is 1.52. The van der Waals surface area contributed by atoms with E-state index in [1.807, 2.05) is 0 Å². The van der Waals surface area contributed by atoms with Crippen LogP contribution in [0.3, 0.4) is 0 Å². The Morgan fingerprint density at radius 2 is 1.92 bits per heavy atom. The van der Waals surface area contributed by atoms with Crippen LogP contribution in [0, 0.1) is 5.82 Å². The first-order valence-corrected chi connectivity index (χ1v) is 9.15. The summed E-state index contributed by atoms with van der Waals surface area (Å²) >= 11 is 0. The second kappa shape index (κ2) is 6.29. The molecule has 3 aromatic rings. The van der Waals surface area contributed by atoms with E-state index in [1.54, 1.807) is 0 Å². The molecule has 2 aromatic heterocycles. The van der Waals surface area contributed by atoms with Gasteiger partial charge in [-0.05, 0) is 31.2 Å². The molecule has 136 valence electrons. The van der Waals surface area contributed by atoms with Crippen molar-refractivity contribution in [2.75, 3.05) is 12.9 Å². The normalized spacial score (nSPS) is 11.7. The minimum atomic E-state index is -3.96. The van der Waals surface area contributed by atoms with E-state index in [4.69, 9.17) is 4.74 Å². The molecule has 0 spiro atoms. The molecule has 3 rings (SSSR count). The summed E-state index contributed by atoms with van der Waals surface area (Å²) < 4.78 is 43.2. The monoisotopic (exact) mass is 381 g/mol. The second-order valence-corrected chi connectivity index (χ2v) is 7.10. The SMILES string of the molecule is CCOC(=O)c1c(S(C)(=O)=O)nn2c(=O)n(-c3ccc(F)cc3)nnc12. The standard InChI is InChI=1S/C14H12FN5O5S/c1-3-25-13(21)10-11-16-18-19(9-6-4-8(15)5-7-9)14(22)20(11)17-12(10)26(2,23)24/h4-7H,3H2,1-2H3. The first-order chi connectivity index (χ1) is 12.2. The molecule has 0 saturated carbocycles. The molecule has 1 aromatic carbocycles. The van der Waals surface area contributed by atoms with Crippen molar-refractivity contribution < 1.29 is 22.3 Å². The number of esters is 1. The molecular formula is C14H12FN5O5S. The molecule has 0 unspecified atom stereocenters. The average molecular weight is 381 g/mol. The molecule has 0 N–H and O–H groups in total. The van der Waals surface area contributed by atoms with Crippen molar-refractivity contribution in [3.8, 4) is 5.69 Å². The number of sulfone groups is 1. The van der Waals surface area contributed by atoms with E-state index >= 15 is 0 Å². The summed E-state index contributed by atoms with van der Waals surface area (Å²) in [4.78, 5) is 24.7. The number of fused-ring (bicyclic) bond motifs is 1. The number of hydrogen-bond acceptors (Lipinski definition) is 8. The molecule has 10 nitrogen and oxygen atoms in total. The molecule has 0 fully saturated rings. The largest absolute Gasteiger partial charge is 0.462 e. The van der Waals surface area contributed by atoms with Gasteiger partial charge in [0.25, 0.3) is 0 Å². The van der Waals surface area contributed by atoms with E-state index in [2.05, 4.69) is 15.4 Å². The van der Waals surface area contributed by atoms with Gasteiger partial charge in [0.05, 0.1) is 12.3 Å². The van der Waals surface area contributed by atoms with Gasteiger partial charge in [-0.15, -0.1) is 10.2 Å². The van der Waals surface area contributed by atoms with Crippen LogP contribution in [0.2, 0.25) is 0 Å². The molecule has 0 bridgehead atoms. The first kappa shape index (κ1) is 17.7. The third-order valence-corrected chi connectivity index (χ3v) is 4.31. The van der Waals surface area contributed by atoms with E-state index < -0.39 is 37.9 Å². The van der Waals surface area contributed by atoms with Crippen LogP contribution in [0.5, 0.6) is 0 Å². The van der Waals surface area contributed by atoms with Crippen molar-refractivity contribution >= 4 is 21.5 Å². The summed E-state index contributed by atoms with van der Waals surface area (Å²) in [7, 11) is -3.96. The maximum atomic E-state index is 13.0. The Kier molecular flexibility index (Phi) is 4.28. The van der Waals surface area contributed by atoms with E-state index in [1.165, 1.54) is 19.1 Å². The fourth-order valence-corrected chi connectivity index (χ4v) is 2.99. The molecule has 0 radical (unpaired) electrons. The molecule has 0 aliphatic carbocycles. The van der Waals surface area contributed by atoms with Gasteiger partial charge in [-0.25, -0.2) is 22.4 Å². The van der Waals surface area contributed by atoms with Crippen molar-refractivity contribution in [2.45, 2.75) is 11.9 Å². The van der Waals surface area contributed by atoms with Crippen LogP contribution < -0.4 is 5.69 Å². The predicted molar refractivity (Wildman–Crippen MR) is 85.4 cm³/mol. The van der Waals surface area contributed by atoms with Crippen molar-refractivity contribution in [2.24, 2.45) is 0 Å². The molecule has 12 heteroatoms. The fourth-order valence-electron chi connectivity index (χ4n) is 2.22. The number of benzene rings is 1. The van der Waals surface area contributed by atoms with Gasteiger partial charge in [0.1, 0.15) is 11.4 Å². The number of halogens is 1. The summed E-state index contributed by atoms with van der Waals surface area (Å²) in [6.07, 6.45) is 0.837. The number of rotatable bonds is 4. The minimum absolute atomic E-state index is 0.0144. The van der Waals surface area contributed by atoms with Gasteiger partial charge >= 0.3 is 11.7 Å². The zero-order chi connectivity index (χ0) is 19.1. The van der Waals surface area contributed by atoms with Crippen molar-refractivity contribution in [1.29, 1.82) is 0 Å². The second-order valence-electron chi connectivity index (χ2n) is 5.17. The Balaban J connectivity index is 2.32. The predicted octanol–water partition coefficient (Wildman–Crippen LogP) is -0.00550. The third-order valence-electron chi connectivity index (χ3n) is 3.32. The lowest BCUT2D eigenvalue weighted by atomic mass is 10.3. The molecule has 0 atom stereocenters. The van der Waals surface area contributed by atoms with E-state index in [0.29, 0.717) is 4.52 Å². The maximum absolute atomic E-state index is 13.0. The quantitative estimate of drug-likeness (QED) is 0.578. The van der Waals surface area contributed by atoms with Gasteiger partial charge < -0.3 is 4.74 Å². The van der Waals surface area contributed by atoms with Crippen LogP contribution in [0.25, 0.3) is 11.3 Å². The average Bonchev–Trinajstić information content (AvgIpc) is 2.97. The van der Waals surface area contributed by atoms with Crippen LogP contribution in [0.1, 0.15) is 17.3 Å². The Hall–Kier alpha value is -3.15. The highest BCUT2D eigenvalue weighted by Crippen LogP contribution is 2.18. The molecular weight excluding hydrogens is 369 g/mol. The van der Waals surface area contributed by atoms with Gasteiger partial charge in [-0.3, -0.25) is 0 Å². The van der Waals surface area contributed by atoms with Crippen LogP contribution >= 0.6 is 0 Å². The molecule has 0 aliphatic heterocycles. The highest BCUT2D eigenvalue weighted by atomic mass is 32.2. The van der Waals surface area contributed by atoms with Crippen molar-refractivity contribution in [3.05, 3.63) is 46.1 Å². The summed E-state index contributed by atoms with van der Waals surface area (Å²) in [5.41, 5.74) is -1.53. The number of aromatic nitrogens is 5. The molecule has 0 saturated heterocycles.